The van der Waals surface area contributed by atoms with Gasteiger partial charge in [0.15, 0.2) is 0 Å². The molecule has 0 aromatic carbocycles. The van der Waals surface area contributed by atoms with Crippen molar-refractivity contribution in [2.45, 2.75) is 18.4 Å². The molecular weight excluding hydrogens is 332 g/mol. The molecule has 4 heterocycles. The average Bonchev–Trinajstić information content (AvgIpc) is 2.71. The van der Waals surface area contributed by atoms with Crippen molar-refractivity contribution in [1.82, 2.24) is 14.8 Å². The van der Waals surface area contributed by atoms with Crippen LogP contribution in [0.1, 0.15) is 23.2 Å². The predicted octanol–water partition coefficient (Wildman–Crippen LogP) is 0.855. The molecule has 7 nitrogen and oxygen atoms in total. The summed E-state index contributed by atoms with van der Waals surface area (Å²) in [6, 6.07) is 3.78. The van der Waals surface area contributed by atoms with Crippen LogP contribution in [0.2, 0.25) is 0 Å². The number of ether oxygens (including phenoxy) is 2. The monoisotopic (exact) mass is 360 g/mol. The first-order valence-corrected chi connectivity index (χ1v) is 9.55. The minimum atomic E-state index is 0.0758. The maximum absolute atomic E-state index is 12.8. The van der Waals surface area contributed by atoms with Gasteiger partial charge in [-0.05, 0) is 32.0 Å². The van der Waals surface area contributed by atoms with Crippen LogP contribution in [0.4, 0.5) is 5.82 Å². The molecule has 3 saturated heterocycles. The molecule has 0 unspecified atom stereocenters. The molecule has 1 amide bonds. The van der Waals surface area contributed by atoms with Gasteiger partial charge >= 0.3 is 0 Å². The number of aromatic nitrogens is 1. The van der Waals surface area contributed by atoms with E-state index >= 15 is 0 Å². The maximum atomic E-state index is 12.8. The highest BCUT2D eigenvalue weighted by molar-refractivity contribution is 5.95. The zero-order valence-corrected chi connectivity index (χ0v) is 15.5. The number of anilines is 1. The molecule has 0 aliphatic carbocycles. The van der Waals surface area contributed by atoms with Gasteiger partial charge < -0.3 is 19.3 Å². The topological polar surface area (TPSA) is 58.1 Å². The molecule has 3 aliphatic heterocycles. The number of carbonyl (C=O) groups excluding carboxylic acids is 1. The fourth-order valence-electron chi connectivity index (χ4n) is 4.22. The lowest BCUT2D eigenvalue weighted by Crippen LogP contribution is -2.63. The number of carbonyl (C=O) groups is 1. The Hall–Kier alpha value is -1.70. The zero-order valence-electron chi connectivity index (χ0n) is 15.5. The van der Waals surface area contributed by atoms with E-state index in [9.17, 15) is 4.79 Å². The molecular formula is C19H28N4O3. The Bertz CT molecular complexity index is 641. The first kappa shape index (κ1) is 17.7. The van der Waals surface area contributed by atoms with Crippen molar-refractivity contribution in [2.24, 2.45) is 0 Å². The molecule has 7 heteroatoms. The molecule has 0 bridgehead atoms. The lowest BCUT2D eigenvalue weighted by atomic mass is 9.86. The fraction of sp³-hybridized carbons (Fsp3) is 0.684. The summed E-state index contributed by atoms with van der Waals surface area (Å²) in [5, 5.41) is 0. The summed E-state index contributed by atoms with van der Waals surface area (Å²) in [7, 11) is 2.22. The molecule has 1 aromatic heterocycles. The highest BCUT2D eigenvalue weighted by Crippen LogP contribution is 2.32. The van der Waals surface area contributed by atoms with Crippen molar-refractivity contribution in [3.05, 3.63) is 23.9 Å². The van der Waals surface area contributed by atoms with E-state index in [-0.39, 0.29) is 11.4 Å². The second kappa shape index (κ2) is 7.50. The van der Waals surface area contributed by atoms with E-state index in [0.29, 0.717) is 26.3 Å². The summed E-state index contributed by atoms with van der Waals surface area (Å²) in [5.74, 6) is 0.981. The quantitative estimate of drug-likeness (QED) is 0.780. The maximum Gasteiger partial charge on any atom is 0.254 e. The van der Waals surface area contributed by atoms with E-state index in [4.69, 9.17) is 9.47 Å². The standard InChI is InChI=1S/C19H28N4O3/c1-21-6-7-23(15-19(21)3-10-25-11-4-19)17-14-16(2-5-20-17)18(24)22-8-12-26-13-9-22/h2,5,14H,3-4,6-13,15H2,1H3. The van der Waals surface area contributed by atoms with Crippen molar-refractivity contribution >= 4 is 11.7 Å². The first-order chi connectivity index (χ1) is 12.7. The van der Waals surface area contributed by atoms with Crippen LogP contribution in [0.3, 0.4) is 0 Å². The summed E-state index contributed by atoms with van der Waals surface area (Å²) in [6.45, 7) is 7.07. The first-order valence-electron chi connectivity index (χ1n) is 9.55. The van der Waals surface area contributed by atoms with Crippen LogP contribution in [0.15, 0.2) is 18.3 Å². The molecule has 3 fully saturated rings. The van der Waals surface area contributed by atoms with Crippen LogP contribution in [-0.2, 0) is 9.47 Å². The Kier molecular flexibility index (Phi) is 5.11. The number of hydrogen-bond acceptors (Lipinski definition) is 6. The molecule has 0 radical (unpaired) electrons. The van der Waals surface area contributed by atoms with E-state index < -0.39 is 0 Å². The molecule has 3 aliphatic rings. The molecule has 1 aromatic rings. The fourth-order valence-corrected chi connectivity index (χ4v) is 4.22. The third-order valence-corrected chi connectivity index (χ3v) is 6.04. The van der Waals surface area contributed by atoms with Crippen LogP contribution >= 0.6 is 0 Å². The van der Waals surface area contributed by atoms with Gasteiger partial charge in [-0.1, -0.05) is 0 Å². The van der Waals surface area contributed by atoms with E-state index in [1.807, 2.05) is 17.0 Å². The van der Waals surface area contributed by atoms with E-state index in [2.05, 4.69) is 21.8 Å². The van der Waals surface area contributed by atoms with Crippen molar-refractivity contribution < 1.29 is 14.3 Å². The number of piperazine rings is 1. The van der Waals surface area contributed by atoms with Crippen molar-refractivity contribution in [3.8, 4) is 0 Å². The second-order valence-corrected chi connectivity index (χ2v) is 7.49. The number of morpholine rings is 1. The summed E-state index contributed by atoms with van der Waals surface area (Å²) < 4.78 is 10.9. The van der Waals surface area contributed by atoms with Gasteiger partial charge in [0.1, 0.15) is 5.82 Å². The second-order valence-electron chi connectivity index (χ2n) is 7.49. The highest BCUT2D eigenvalue weighted by Gasteiger charge is 2.41. The number of pyridine rings is 1. The van der Waals surface area contributed by atoms with Crippen molar-refractivity contribution in [3.63, 3.8) is 0 Å². The Morgan fingerprint density at radius 1 is 1.08 bits per heavy atom. The van der Waals surface area contributed by atoms with Gasteiger partial charge in [-0.25, -0.2) is 4.98 Å². The van der Waals surface area contributed by atoms with Crippen LogP contribution in [0, 0.1) is 0 Å². The van der Waals surface area contributed by atoms with Crippen LogP contribution < -0.4 is 4.90 Å². The Morgan fingerprint density at radius 3 is 2.58 bits per heavy atom. The molecule has 142 valence electrons. The van der Waals surface area contributed by atoms with Gasteiger partial charge in [0, 0.05) is 63.2 Å². The number of rotatable bonds is 2. The Morgan fingerprint density at radius 2 is 1.81 bits per heavy atom. The third-order valence-electron chi connectivity index (χ3n) is 6.04. The molecule has 0 N–H and O–H groups in total. The van der Waals surface area contributed by atoms with E-state index in [1.54, 1.807) is 6.20 Å². The normalized spacial score (nSPS) is 24.0. The van der Waals surface area contributed by atoms with Crippen LogP contribution in [0.25, 0.3) is 0 Å². The zero-order chi connectivity index (χ0) is 18.0. The molecule has 26 heavy (non-hydrogen) atoms. The summed E-state index contributed by atoms with van der Waals surface area (Å²) in [5.41, 5.74) is 0.874. The van der Waals surface area contributed by atoms with Gasteiger partial charge in [-0.2, -0.15) is 0 Å². The van der Waals surface area contributed by atoms with Crippen molar-refractivity contribution in [2.75, 3.05) is 71.1 Å². The molecule has 0 atom stereocenters. The summed E-state index contributed by atoms with van der Waals surface area (Å²) in [4.78, 5) is 24.0. The van der Waals surface area contributed by atoms with Gasteiger partial charge in [0.25, 0.3) is 5.91 Å². The largest absolute Gasteiger partial charge is 0.381 e. The minimum Gasteiger partial charge on any atom is -0.381 e. The van der Waals surface area contributed by atoms with Gasteiger partial charge in [0.05, 0.1) is 13.2 Å². The summed E-state index contributed by atoms with van der Waals surface area (Å²) >= 11 is 0. The Labute approximate surface area is 154 Å². The molecule has 1 spiro atoms. The number of likely N-dealkylation sites (N-methyl/N-ethyl adjacent to an activating group) is 1. The Balaban J connectivity index is 1.51. The number of amides is 1. The van der Waals surface area contributed by atoms with Gasteiger partial charge in [0.2, 0.25) is 0 Å². The van der Waals surface area contributed by atoms with E-state index in [0.717, 1.165) is 57.1 Å². The lowest BCUT2D eigenvalue weighted by Gasteiger charge is -2.51. The predicted molar refractivity (Wildman–Crippen MR) is 98.6 cm³/mol. The SMILES string of the molecule is CN1CCN(c2cc(C(=O)N3CCOCC3)ccn2)CC12CCOCC2. The minimum absolute atomic E-state index is 0.0758. The van der Waals surface area contributed by atoms with Crippen LogP contribution in [0.5, 0.6) is 0 Å². The lowest BCUT2D eigenvalue weighted by molar-refractivity contribution is -0.0221. The van der Waals surface area contributed by atoms with Crippen molar-refractivity contribution in [1.29, 1.82) is 0 Å². The molecule has 4 rings (SSSR count). The summed E-state index contributed by atoms with van der Waals surface area (Å²) in [6.07, 6.45) is 3.86. The highest BCUT2D eigenvalue weighted by atomic mass is 16.5. The average molecular weight is 360 g/mol. The van der Waals surface area contributed by atoms with E-state index in [1.165, 1.54) is 0 Å². The van der Waals surface area contributed by atoms with Crippen LogP contribution in [-0.4, -0.2) is 92.4 Å². The third kappa shape index (κ3) is 3.43. The van der Waals surface area contributed by atoms with Gasteiger partial charge in [-0.15, -0.1) is 0 Å². The number of nitrogens with zero attached hydrogens (tertiary/aromatic N) is 4. The number of hydrogen-bond donors (Lipinski definition) is 0. The molecule has 0 saturated carbocycles. The smallest absolute Gasteiger partial charge is 0.254 e. The van der Waals surface area contributed by atoms with Gasteiger partial charge in [-0.3, -0.25) is 9.69 Å².